The Labute approximate surface area is 139 Å². The maximum atomic E-state index is 12.3. The second-order valence-electron chi connectivity index (χ2n) is 5.45. The molecule has 24 heavy (non-hydrogen) atoms. The Hall–Kier alpha value is -2.96. The molecule has 2 aromatic rings. The Morgan fingerprint density at radius 1 is 1.17 bits per heavy atom. The first-order chi connectivity index (χ1) is 11.4. The number of ether oxygens (including phenoxy) is 1. The normalized spacial score (nSPS) is 11.7. The fourth-order valence-corrected chi connectivity index (χ4v) is 2.31. The fraction of sp³-hybridized carbons (Fsp3) is 0.294. The standard InChI is InChI=1S/C17H19N3O4/c1-11(21)16(17(23)19(2)3)20-15(22)10-9-13(18-20)12-7-5-6-8-14(12)24-4/h5-10,16H,1-4H3/t16-/m0/s1. The maximum Gasteiger partial charge on any atom is 0.267 e. The summed E-state index contributed by atoms with van der Waals surface area (Å²) in [7, 11) is 4.57. The first-order valence-electron chi connectivity index (χ1n) is 7.31. The molecular weight excluding hydrogens is 310 g/mol. The number of carbonyl (C=O) groups is 2. The van der Waals surface area contributed by atoms with Crippen LogP contribution in [0.3, 0.4) is 0 Å². The van der Waals surface area contributed by atoms with E-state index in [0.29, 0.717) is 17.0 Å². The van der Waals surface area contributed by atoms with Crippen LogP contribution in [-0.2, 0) is 9.59 Å². The molecular formula is C17H19N3O4. The maximum absolute atomic E-state index is 12.3. The van der Waals surface area contributed by atoms with Crippen molar-refractivity contribution >= 4 is 11.7 Å². The van der Waals surface area contributed by atoms with Crippen LogP contribution in [0.1, 0.15) is 13.0 Å². The van der Waals surface area contributed by atoms with Crippen molar-refractivity contribution in [1.29, 1.82) is 0 Å². The van der Waals surface area contributed by atoms with E-state index in [1.807, 2.05) is 12.1 Å². The third-order valence-corrected chi connectivity index (χ3v) is 3.51. The Kier molecular flexibility index (Phi) is 5.13. The number of amides is 1. The van der Waals surface area contributed by atoms with E-state index in [4.69, 9.17) is 4.74 Å². The number of benzene rings is 1. The summed E-state index contributed by atoms with van der Waals surface area (Å²) in [4.78, 5) is 37.7. The number of nitrogens with zero attached hydrogens (tertiary/aromatic N) is 3. The highest BCUT2D eigenvalue weighted by molar-refractivity contribution is 6.02. The van der Waals surface area contributed by atoms with Crippen molar-refractivity contribution in [3.8, 4) is 17.0 Å². The van der Waals surface area contributed by atoms with Crippen molar-refractivity contribution < 1.29 is 14.3 Å². The highest BCUT2D eigenvalue weighted by Gasteiger charge is 2.29. The first-order valence-corrected chi connectivity index (χ1v) is 7.31. The van der Waals surface area contributed by atoms with Gasteiger partial charge in [-0.3, -0.25) is 14.4 Å². The molecule has 0 aliphatic heterocycles. The van der Waals surface area contributed by atoms with E-state index < -0.39 is 23.3 Å². The monoisotopic (exact) mass is 329 g/mol. The number of para-hydroxylation sites is 1. The Bertz CT molecular complexity index is 827. The lowest BCUT2D eigenvalue weighted by Gasteiger charge is -2.20. The van der Waals surface area contributed by atoms with Gasteiger partial charge in [-0.15, -0.1) is 0 Å². The molecule has 0 radical (unpaired) electrons. The summed E-state index contributed by atoms with van der Waals surface area (Å²) in [6, 6.07) is 8.70. The summed E-state index contributed by atoms with van der Waals surface area (Å²) < 4.78 is 6.22. The van der Waals surface area contributed by atoms with Gasteiger partial charge in [0, 0.05) is 25.7 Å². The number of likely N-dealkylation sites (N-methyl/N-ethyl adjacent to an activating group) is 1. The summed E-state index contributed by atoms with van der Waals surface area (Å²) in [5.74, 6) is -0.386. The van der Waals surface area contributed by atoms with Crippen LogP contribution in [0.5, 0.6) is 5.75 Å². The van der Waals surface area contributed by atoms with Gasteiger partial charge in [-0.05, 0) is 25.1 Å². The molecule has 1 aromatic heterocycles. The predicted octanol–water partition coefficient (Wildman–Crippen LogP) is 1.14. The van der Waals surface area contributed by atoms with Crippen LogP contribution >= 0.6 is 0 Å². The van der Waals surface area contributed by atoms with Crippen molar-refractivity contribution in [3.63, 3.8) is 0 Å². The van der Waals surface area contributed by atoms with Gasteiger partial charge in [0.05, 0.1) is 12.8 Å². The van der Waals surface area contributed by atoms with Gasteiger partial charge >= 0.3 is 0 Å². The van der Waals surface area contributed by atoms with E-state index in [1.165, 1.54) is 45.2 Å². The molecule has 1 aromatic carbocycles. The summed E-state index contributed by atoms with van der Waals surface area (Å²) in [6.45, 7) is 1.26. The average Bonchev–Trinajstić information content (AvgIpc) is 2.56. The van der Waals surface area contributed by atoms with Gasteiger partial charge in [-0.1, -0.05) is 12.1 Å². The smallest absolute Gasteiger partial charge is 0.267 e. The quantitative estimate of drug-likeness (QED) is 0.768. The molecule has 1 heterocycles. The highest BCUT2D eigenvalue weighted by Crippen LogP contribution is 2.27. The molecule has 0 fully saturated rings. The van der Waals surface area contributed by atoms with Gasteiger partial charge in [-0.25, -0.2) is 4.68 Å². The molecule has 2 rings (SSSR count). The van der Waals surface area contributed by atoms with Gasteiger partial charge in [0.25, 0.3) is 11.5 Å². The van der Waals surface area contributed by atoms with Crippen molar-refractivity contribution in [2.24, 2.45) is 0 Å². The Morgan fingerprint density at radius 2 is 1.83 bits per heavy atom. The number of ketones is 1. The van der Waals surface area contributed by atoms with Crippen molar-refractivity contribution in [1.82, 2.24) is 14.7 Å². The van der Waals surface area contributed by atoms with Gasteiger partial charge < -0.3 is 9.64 Å². The van der Waals surface area contributed by atoms with Crippen LogP contribution in [0.2, 0.25) is 0 Å². The molecule has 7 nitrogen and oxygen atoms in total. The second kappa shape index (κ2) is 7.08. The first kappa shape index (κ1) is 17.4. The number of rotatable bonds is 5. The molecule has 0 bridgehead atoms. The minimum atomic E-state index is -1.29. The number of hydrogen-bond donors (Lipinski definition) is 0. The number of Topliss-reactive ketones (excluding diaryl/α,β-unsaturated/α-hetero) is 1. The molecule has 7 heteroatoms. The molecule has 0 aliphatic carbocycles. The lowest BCUT2D eigenvalue weighted by Crippen LogP contribution is -2.41. The highest BCUT2D eigenvalue weighted by atomic mass is 16.5. The minimum absolute atomic E-state index is 0.435. The summed E-state index contributed by atoms with van der Waals surface area (Å²) in [5.41, 5.74) is 0.572. The van der Waals surface area contributed by atoms with E-state index in [1.54, 1.807) is 12.1 Å². The van der Waals surface area contributed by atoms with E-state index in [0.717, 1.165) is 4.68 Å². The number of carbonyl (C=O) groups excluding carboxylic acids is 2. The summed E-state index contributed by atoms with van der Waals surface area (Å²) in [5, 5.41) is 4.23. The molecule has 0 aliphatic rings. The van der Waals surface area contributed by atoms with Crippen molar-refractivity contribution in [3.05, 3.63) is 46.8 Å². The molecule has 0 N–H and O–H groups in total. The molecule has 1 amide bonds. The topological polar surface area (TPSA) is 81.5 Å². The van der Waals surface area contributed by atoms with Gasteiger partial charge in [0.1, 0.15) is 5.75 Å². The number of aromatic nitrogens is 2. The molecule has 0 saturated heterocycles. The largest absolute Gasteiger partial charge is 0.496 e. The molecule has 0 unspecified atom stereocenters. The van der Waals surface area contributed by atoms with E-state index >= 15 is 0 Å². The Balaban J connectivity index is 2.62. The zero-order chi connectivity index (χ0) is 17.9. The van der Waals surface area contributed by atoms with Crippen LogP contribution in [0.4, 0.5) is 0 Å². The van der Waals surface area contributed by atoms with Crippen molar-refractivity contribution in [2.75, 3.05) is 21.2 Å². The summed E-state index contributed by atoms with van der Waals surface area (Å²) >= 11 is 0. The Morgan fingerprint density at radius 3 is 2.42 bits per heavy atom. The van der Waals surface area contributed by atoms with Crippen LogP contribution in [0, 0.1) is 0 Å². The van der Waals surface area contributed by atoms with E-state index in [9.17, 15) is 14.4 Å². The van der Waals surface area contributed by atoms with Crippen LogP contribution in [0.15, 0.2) is 41.2 Å². The molecule has 0 saturated carbocycles. The zero-order valence-corrected chi connectivity index (χ0v) is 14.0. The molecule has 0 spiro atoms. The van der Waals surface area contributed by atoms with Crippen LogP contribution in [0.25, 0.3) is 11.3 Å². The second-order valence-corrected chi connectivity index (χ2v) is 5.45. The van der Waals surface area contributed by atoms with E-state index in [-0.39, 0.29) is 0 Å². The third kappa shape index (κ3) is 3.34. The number of methoxy groups -OCH3 is 1. The minimum Gasteiger partial charge on any atom is -0.496 e. The zero-order valence-electron chi connectivity index (χ0n) is 14.0. The van der Waals surface area contributed by atoms with Gasteiger partial charge in [-0.2, -0.15) is 5.10 Å². The fourth-order valence-electron chi connectivity index (χ4n) is 2.31. The molecule has 126 valence electrons. The SMILES string of the molecule is COc1ccccc1-c1ccc(=O)n([C@@H](C(C)=O)C(=O)N(C)C)n1. The molecule has 1 atom stereocenters. The van der Waals surface area contributed by atoms with Gasteiger partial charge in [0.15, 0.2) is 11.8 Å². The van der Waals surface area contributed by atoms with Crippen molar-refractivity contribution in [2.45, 2.75) is 13.0 Å². The lowest BCUT2D eigenvalue weighted by molar-refractivity contribution is -0.138. The average molecular weight is 329 g/mol. The van der Waals surface area contributed by atoms with Crippen LogP contribution in [-0.4, -0.2) is 47.6 Å². The van der Waals surface area contributed by atoms with E-state index in [2.05, 4.69) is 5.10 Å². The predicted molar refractivity (Wildman–Crippen MR) is 88.9 cm³/mol. The summed E-state index contributed by atoms with van der Waals surface area (Å²) in [6.07, 6.45) is 0. The number of hydrogen-bond acceptors (Lipinski definition) is 5. The lowest BCUT2D eigenvalue weighted by atomic mass is 10.1. The van der Waals surface area contributed by atoms with Crippen LogP contribution < -0.4 is 10.3 Å². The van der Waals surface area contributed by atoms with Gasteiger partial charge in [0.2, 0.25) is 0 Å². The third-order valence-electron chi connectivity index (χ3n) is 3.51.